The minimum atomic E-state index is -0.417. The first-order valence-corrected chi connectivity index (χ1v) is 6.68. The van der Waals surface area contributed by atoms with E-state index in [-0.39, 0.29) is 28.0 Å². The fourth-order valence-electron chi connectivity index (χ4n) is 2.88. The molecule has 2 aromatic carbocycles. The second kappa shape index (κ2) is 4.87. The lowest BCUT2D eigenvalue weighted by Gasteiger charge is -2.23. The van der Waals surface area contributed by atoms with E-state index in [1.807, 2.05) is 0 Å². The van der Waals surface area contributed by atoms with Gasteiger partial charge < -0.3 is 14.6 Å². The van der Waals surface area contributed by atoms with Crippen LogP contribution in [0.25, 0.3) is 0 Å². The molecule has 5 heteroatoms. The molecule has 1 aliphatic carbocycles. The molecule has 2 aromatic rings. The summed E-state index contributed by atoms with van der Waals surface area (Å²) in [4.78, 5) is 25.6. The molecule has 1 aliphatic rings. The molecule has 22 heavy (non-hydrogen) atoms. The van der Waals surface area contributed by atoms with E-state index >= 15 is 0 Å². The molecule has 0 heterocycles. The van der Waals surface area contributed by atoms with E-state index in [1.165, 1.54) is 20.3 Å². The molecule has 3 rings (SSSR count). The maximum atomic E-state index is 12.9. The Hall–Kier alpha value is -2.82. The van der Waals surface area contributed by atoms with Gasteiger partial charge in [0.05, 0.1) is 30.9 Å². The number of rotatable bonds is 2. The first-order chi connectivity index (χ1) is 10.5. The Kier molecular flexibility index (Phi) is 3.13. The molecule has 0 fully saturated rings. The van der Waals surface area contributed by atoms with Crippen molar-refractivity contribution in [3.63, 3.8) is 0 Å². The van der Waals surface area contributed by atoms with Gasteiger partial charge in [0.2, 0.25) is 5.78 Å². The Morgan fingerprint density at radius 2 is 1.68 bits per heavy atom. The van der Waals surface area contributed by atoms with Gasteiger partial charge in [-0.05, 0) is 24.6 Å². The van der Waals surface area contributed by atoms with Crippen molar-refractivity contribution in [3.05, 3.63) is 52.1 Å². The fraction of sp³-hybridized carbons (Fsp3) is 0.176. The summed E-state index contributed by atoms with van der Waals surface area (Å²) in [5, 5.41) is 10.1. The van der Waals surface area contributed by atoms with Gasteiger partial charge in [0.25, 0.3) is 0 Å². The molecule has 0 saturated carbocycles. The third-order valence-corrected chi connectivity index (χ3v) is 3.82. The molecular formula is C17H14O5. The van der Waals surface area contributed by atoms with Crippen molar-refractivity contribution in [3.8, 4) is 17.2 Å². The van der Waals surface area contributed by atoms with E-state index < -0.39 is 11.6 Å². The Morgan fingerprint density at radius 1 is 0.955 bits per heavy atom. The maximum Gasteiger partial charge on any atom is 0.202 e. The van der Waals surface area contributed by atoms with Gasteiger partial charge in [-0.1, -0.05) is 12.1 Å². The number of carbonyl (C=O) groups excluding carboxylic acids is 2. The van der Waals surface area contributed by atoms with E-state index in [1.54, 1.807) is 25.1 Å². The Labute approximate surface area is 127 Å². The zero-order chi connectivity index (χ0) is 16.0. The van der Waals surface area contributed by atoms with Crippen molar-refractivity contribution in [1.82, 2.24) is 0 Å². The highest BCUT2D eigenvalue weighted by Gasteiger charge is 2.37. The lowest BCUT2D eigenvalue weighted by Crippen LogP contribution is -2.23. The topological polar surface area (TPSA) is 72.8 Å². The summed E-state index contributed by atoms with van der Waals surface area (Å²) in [6.07, 6.45) is 0. The number of hydrogen-bond donors (Lipinski definition) is 1. The largest absolute Gasteiger partial charge is 0.507 e. The van der Waals surface area contributed by atoms with E-state index in [2.05, 4.69) is 0 Å². The van der Waals surface area contributed by atoms with Gasteiger partial charge in [-0.3, -0.25) is 9.59 Å². The predicted octanol–water partition coefficient (Wildman–Crippen LogP) is 2.49. The number of methoxy groups -OCH3 is 2. The number of ketones is 2. The maximum absolute atomic E-state index is 12.9. The monoisotopic (exact) mass is 298 g/mol. The number of fused-ring (bicyclic) bond motifs is 2. The third kappa shape index (κ3) is 1.72. The van der Waals surface area contributed by atoms with E-state index in [9.17, 15) is 14.7 Å². The minimum absolute atomic E-state index is 0.0202. The quantitative estimate of drug-likeness (QED) is 0.787. The average molecular weight is 298 g/mol. The summed E-state index contributed by atoms with van der Waals surface area (Å²) in [5.74, 6) is -0.412. The predicted molar refractivity (Wildman–Crippen MR) is 79.3 cm³/mol. The van der Waals surface area contributed by atoms with E-state index in [4.69, 9.17) is 9.47 Å². The molecule has 1 N–H and O–H groups in total. The first kappa shape index (κ1) is 14.1. The number of aromatic hydroxyl groups is 1. The number of ether oxygens (including phenoxy) is 2. The van der Waals surface area contributed by atoms with Crippen LogP contribution in [-0.4, -0.2) is 30.9 Å². The highest BCUT2D eigenvalue weighted by atomic mass is 16.5. The number of carbonyl (C=O) groups is 2. The third-order valence-electron chi connectivity index (χ3n) is 3.82. The zero-order valence-electron chi connectivity index (χ0n) is 12.4. The molecule has 0 aromatic heterocycles. The van der Waals surface area contributed by atoms with Gasteiger partial charge in [0, 0.05) is 5.56 Å². The van der Waals surface area contributed by atoms with Crippen LogP contribution in [0.3, 0.4) is 0 Å². The summed E-state index contributed by atoms with van der Waals surface area (Å²) in [5.41, 5.74) is 1.07. The van der Waals surface area contributed by atoms with Crippen molar-refractivity contribution in [2.45, 2.75) is 6.92 Å². The van der Waals surface area contributed by atoms with Crippen LogP contribution < -0.4 is 9.47 Å². The molecule has 0 unspecified atom stereocenters. The molecule has 0 atom stereocenters. The SMILES string of the molecule is COc1cccc2c1C(=O)c1c(OC)c(C)cc(O)c1C2=O. The van der Waals surface area contributed by atoms with Crippen molar-refractivity contribution in [2.24, 2.45) is 0 Å². The number of benzene rings is 2. The normalized spacial score (nSPS) is 12.7. The van der Waals surface area contributed by atoms with Crippen LogP contribution in [0.5, 0.6) is 17.2 Å². The van der Waals surface area contributed by atoms with Gasteiger partial charge >= 0.3 is 0 Å². The Bertz CT molecular complexity index is 820. The van der Waals surface area contributed by atoms with Crippen LogP contribution >= 0.6 is 0 Å². The smallest absolute Gasteiger partial charge is 0.202 e. The van der Waals surface area contributed by atoms with Gasteiger partial charge in [-0.25, -0.2) is 0 Å². The second-order valence-corrected chi connectivity index (χ2v) is 5.04. The van der Waals surface area contributed by atoms with Crippen LogP contribution in [0.4, 0.5) is 0 Å². The molecule has 0 amide bonds. The van der Waals surface area contributed by atoms with Crippen molar-refractivity contribution >= 4 is 11.6 Å². The van der Waals surface area contributed by atoms with Crippen molar-refractivity contribution in [1.29, 1.82) is 0 Å². The number of aryl methyl sites for hydroxylation is 1. The van der Waals surface area contributed by atoms with Gasteiger partial charge in [-0.15, -0.1) is 0 Å². The minimum Gasteiger partial charge on any atom is -0.507 e. The highest BCUT2D eigenvalue weighted by Crippen LogP contribution is 2.42. The van der Waals surface area contributed by atoms with Crippen LogP contribution in [-0.2, 0) is 0 Å². The van der Waals surface area contributed by atoms with Gasteiger partial charge in [0.15, 0.2) is 5.78 Å². The van der Waals surface area contributed by atoms with Crippen molar-refractivity contribution in [2.75, 3.05) is 14.2 Å². The molecule has 0 spiro atoms. The highest BCUT2D eigenvalue weighted by molar-refractivity contribution is 6.31. The Balaban J connectivity index is 2.42. The number of phenolic OH excluding ortho intramolecular Hbond substituents is 1. The van der Waals surface area contributed by atoms with Crippen LogP contribution in [0.2, 0.25) is 0 Å². The summed E-state index contributed by atoms with van der Waals surface area (Å²) in [7, 11) is 2.86. The van der Waals surface area contributed by atoms with Crippen LogP contribution in [0.1, 0.15) is 37.4 Å². The summed E-state index contributed by atoms with van der Waals surface area (Å²) < 4.78 is 10.5. The molecule has 0 saturated heterocycles. The van der Waals surface area contributed by atoms with Gasteiger partial charge in [0.1, 0.15) is 17.2 Å². The second-order valence-electron chi connectivity index (χ2n) is 5.04. The molecular weight excluding hydrogens is 284 g/mol. The van der Waals surface area contributed by atoms with Crippen LogP contribution in [0.15, 0.2) is 24.3 Å². The molecule has 112 valence electrons. The van der Waals surface area contributed by atoms with Gasteiger partial charge in [-0.2, -0.15) is 0 Å². The van der Waals surface area contributed by atoms with Crippen LogP contribution in [0, 0.1) is 6.92 Å². The molecule has 5 nitrogen and oxygen atoms in total. The summed E-state index contributed by atoms with van der Waals surface area (Å²) in [6, 6.07) is 6.23. The van der Waals surface area contributed by atoms with E-state index in [0.717, 1.165) is 0 Å². The zero-order valence-corrected chi connectivity index (χ0v) is 12.4. The lowest BCUT2D eigenvalue weighted by molar-refractivity contribution is 0.0971. The molecule has 0 radical (unpaired) electrons. The summed E-state index contributed by atoms with van der Waals surface area (Å²) in [6.45, 7) is 1.70. The number of hydrogen-bond acceptors (Lipinski definition) is 5. The fourth-order valence-corrected chi connectivity index (χ4v) is 2.88. The molecule has 0 bridgehead atoms. The van der Waals surface area contributed by atoms with Crippen molar-refractivity contribution < 1.29 is 24.2 Å². The number of phenols is 1. The molecule has 0 aliphatic heterocycles. The standard InChI is InChI=1S/C17H14O5/c1-8-7-10(18)13-14(17(8)22-3)16(20)12-9(15(13)19)5-4-6-11(12)21-2/h4-7,18H,1-3H3. The first-order valence-electron chi connectivity index (χ1n) is 6.68. The van der Waals surface area contributed by atoms with E-state index in [0.29, 0.717) is 17.1 Å². The Morgan fingerprint density at radius 3 is 2.32 bits per heavy atom. The lowest BCUT2D eigenvalue weighted by atomic mass is 9.81. The summed E-state index contributed by atoms with van der Waals surface area (Å²) >= 11 is 0. The average Bonchev–Trinajstić information content (AvgIpc) is 2.51.